The van der Waals surface area contributed by atoms with Gasteiger partial charge in [-0.05, 0) is 37.1 Å². The van der Waals surface area contributed by atoms with Crippen molar-refractivity contribution in [2.24, 2.45) is 0 Å². The second-order valence-electron chi connectivity index (χ2n) is 7.03. The van der Waals surface area contributed by atoms with Gasteiger partial charge in [0.1, 0.15) is 13.2 Å². The predicted molar refractivity (Wildman–Crippen MR) is 121 cm³/mol. The van der Waals surface area contributed by atoms with E-state index in [1.165, 1.54) is 17.0 Å². The van der Waals surface area contributed by atoms with Gasteiger partial charge in [-0.2, -0.15) is 0 Å². The Balaban J connectivity index is 1.26. The lowest BCUT2D eigenvalue weighted by atomic mass is 10.2. The van der Waals surface area contributed by atoms with Gasteiger partial charge in [0.2, 0.25) is 15.9 Å². The minimum atomic E-state index is -3.60. The summed E-state index contributed by atoms with van der Waals surface area (Å²) >= 11 is 1.71. The van der Waals surface area contributed by atoms with Crippen LogP contribution in [0.2, 0.25) is 0 Å². The van der Waals surface area contributed by atoms with Crippen LogP contribution in [0.3, 0.4) is 0 Å². The first-order valence-corrected chi connectivity index (χ1v) is 12.9. The van der Waals surface area contributed by atoms with Crippen molar-refractivity contribution in [1.82, 2.24) is 10.0 Å². The zero-order chi connectivity index (χ0) is 21.9. The average Bonchev–Trinajstić information content (AvgIpc) is 2.79. The van der Waals surface area contributed by atoms with E-state index in [1.807, 2.05) is 18.2 Å². The van der Waals surface area contributed by atoms with E-state index in [0.29, 0.717) is 50.6 Å². The zero-order valence-corrected chi connectivity index (χ0v) is 19.0. The third-order valence-corrected chi connectivity index (χ3v) is 7.11. The summed E-state index contributed by atoms with van der Waals surface area (Å²) in [6, 6.07) is 14.7. The highest BCUT2D eigenvalue weighted by molar-refractivity contribution is 7.99. The molecule has 2 N–H and O–H groups in total. The van der Waals surface area contributed by atoms with E-state index < -0.39 is 10.0 Å². The molecule has 0 atom stereocenters. The SMILES string of the molecule is O=C(CCCCCNS(=O)(=O)c1ccc2c(c1)OCCO2)NCCSc1ccccc1. The minimum Gasteiger partial charge on any atom is -0.486 e. The number of fused-ring (bicyclic) bond motifs is 1. The molecule has 1 aliphatic heterocycles. The van der Waals surface area contributed by atoms with Crippen LogP contribution in [0.4, 0.5) is 0 Å². The molecule has 1 heterocycles. The normalized spacial score (nSPS) is 13.0. The second-order valence-corrected chi connectivity index (χ2v) is 9.96. The Labute approximate surface area is 188 Å². The molecule has 1 amide bonds. The second kappa shape index (κ2) is 12.0. The highest BCUT2D eigenvalue weighted by Crippen LogP contribution is 2.32. The fourth-order valence-electron chi connectivity index (χ4n) is 3.03. The number of unbranched alkanes of at least 4 members (excludes halogenated alkanes) is 2. The maximum absolute atomic E-state index is 12.4. The van der Waals surface area contributed by atoms with E-state index in [1.54, 1.807) is 17.8 Å². The maximum atomic E-state index is 12.4. The number of carbonyl (C=O) groups excluding carboxylic acids is 1. The first kappa shape index (κ1) is 23.4. The Morgan fingerprint density at radius 3 is 2.52 bits per heavy atom. The van der Waals surface area contributed by atoms with Gasteiger partial charge in [0.05, 0.1) is 4.90 Å². The lowest BCUT2D eigenvalue weighted by molar-refractivity contribution is -0.121. The molecule has 0 radical (unpaired) electrons. The molecule has 1 aliphatic rings. The molecule has 2 aromatic rings. The van der Waals surface area contributed by atoms with Gasteiger partial charge in [0, 0.05) is 36.2 Å². The monoisotopic (exact) mass is 464 g/mol. The molecule has 0 aromatic heterocycles. The number of sulfonamides is 1. The van der Waals surface area contributed by atoms with Gasteiger partial charge in [-0.1, -0.05) is 24.6 Å². The number of hydrogen-bond donors (Lipinski definition) is 2. The summed E-state index contributed by atoms with van der Waals surface area (Å²) in [6.07, 6.45) is 2.62. The number of nitrogens with one attached hydrogen (secondary N) is 2. The summed E-state index contributed by atoms with van der Waals surface area (Å²) in [5, 5.41) is 2.92. The first-order valence-electron chi connectivity index (χ1n) is 10.4. The van der Waals surface area contributed by atoms with Crippen molar-refractivity contribution in [3.05, 3.63) is 48.5 Å². The third kappa shape index (κ3) is 7.75. The molecule has 7 nitrogen and oxygen atoms in total. The van der Waals surface area contributed by atoms with E-state index in [9.17, 15) is 13.2 Å². The Bertz CT molecular complexity index is 952. The summed E-state index contributed by atoms with van der Waals surface area (Å²) in [5.74, 6) is 1.87. The quantitative estimate of drug-likeness (QED) is 0.370. The number of thioether (sulfide) groups is 1. The minimum absolute atomic E-state index is 0.0329. The number of carbonyl (C=O) groups is 1. The predicted octanol–water partition coefficient (Wildman–Crippen LogP) is 3.21. The van der Waals surface area contributed by atoms with Crippen molar-refractivity contribution < 1.29 is 22.7 Å². The number of ether oxygens (including phenoxy) is 2. The van der Waals surface area contributed by atoms with Crippen LogP contribution < -0.4 is 19.5 Å². The molecular weight excluding hydrogens is 436 g/mol. The fourth-order valence-corrected chi connectivity index (χ4v) is 4.91. The van der Waals surface area contributed by atoms with Crippen LogP contribution in [0.5, 0.6) is 11.5 Å². The van der Waals surface area contributed by atoms with Gasteiger partial charge in [-0.15, -0.1) is 11.8 Å². The first-order chi connectivity index (χ1) is 15.0. The van der Waals surface area contributed by atoms with Crippen molar-refractivity contribution in [3.8, 4) is 11.5 Å². The molecule has 0 aliphatic carbocycles. The molecule has 0 spiro atoms. The third-order valence-electron chi connectivity index (χ3n) is 4.63. The molecule has 0 saturated heterocycles. The van der Waals surface area contributed by atoms with E-state index in [-0.39, 0.29) is 10.8 Å². The molecule has 0 unspecified atom stereocenters. The maximum Gasteiger partial charge on any atom is 0.240 e. The highest BCUT2D eigenvalue weighted by Gasteiger charge is 2.18. The number of amides is 1. The summed E-state index contributed by atoms with van der Waals surface area (Å²) < 4.78 is 38.3. The molecule has 168 valence electrons. The van der Waals surface area contributed by atoms with Crippen molar-refractivity contribution in [2.75, 3.05) is 32.1 Å². The Hall–Kier alpha value is -2.23. The summed E-state index contributed by atoms with van der Waals surface area (Å²) in [7, 11) is -3.60. The zero-order valence-electron chi connectivity index (χ0n) is 17.3. The fraction of sp³-hybridized carbons (Fsp3) is 0.409. The van der Waals surface area contributed by atoms with Gasteiger partial charge in [0.25, 0.3) is 0 Å². The summed E-state index contributed by atoms with van der Waals surface area (Å²) in [4.78, 5) is 13.2. The van der Waals surface area contributed by atoms with Gasteiger partial charge in [-0.3, -0.25) is 4.79 Å². The van der Waals surface area contributed by atoms with E-state index in [0.717, 1.165) is 18.6 Å². The molecule has 0 fully saturated rings. The Morgan fingerprint density at radius 1 is 0.935 bits per heavy atom. The van der Waals surface area contributed by atoms with Gasteiger partial charge in [0.15, 0.2) is 11.5 Å². The van der Waals surface area contributed by atoms with Gasteiger partial charge < -0.3 is 14.8 Å². The van der Waals surface area contributed by atoms with Gasteiger partial charge >= 0.3 is 0 Å². The number of hydrogen-bond acceptors (Lipinski definition) is 6. The smallest absolute Gasteiger partial charge is 0.240 e. The lowest BCUT2D eigenvalue weighted by Crippen LogP contribution is -2.26. The van der Waals surface area contributed by atoms with Crippen LogP contribution in [-0.2, 0) is 14.8 Å². The summed E-state index contributed by atoms with van der Waals surface area (Å²) in [5.41, 5.74) is 0. The average molecular weight is 465 g/mol. The largest absolute Gasteiger partial charge is 0.486 e. The topological polar surface area (TPSA) is 93.7 Å². The van der Waals surface area contributed by atoms with Crippen LogP contribution in [0.1, 0.15) is 25.7 Å². The van der Waals surface area contributed by atoms with E-state index in [2.05, 4.69) is 22.2 Å². The standard InChI is InChI=1S/C22H28N2O5S2/c25-22(23-13-16-30-18-7-3-1-4-8-18)9-5-2-6-12-24-31(26,27)19-10-11-20-21(17-19)29-15-14-28-20/h1,3-4,7-8,10-11,17,24H,2,5-6,9,12-16H2,(H,23,25). The lowest BCUT2D eigenvalue weighted by Gasteiger charge is -2.18. The van der Waals surface area contributed by atoms with Gasteiger partial charge in [-0.25, -0.2) is 13.1 Å². The van der Waals surface area contributed by atoms with Crippen molar-refractivity contribution in [1.29, 1.82) is 0 Å². The highest BCUT2D eigenvalue weighted by atomic mass is 32.2. The molecule has 31 heavy (non-hydrogen) atoms. The van der Waals surface area contributed by atoms with Crippen molar-refractivity contribution in [2.45, 2.75) is 35.5 Å². The Kier molecular flexibility index (Phi) is 9.05. The van der Waals surface area contributed by atoms with E-state index in [4.69, 9.17) is 9.47 Å². The number of benzene rings is 2. The molecule has 0 saturated carbocycles. The molecule has 3 rings (SSSR count). The van der Waals surface area contributed by atoms with Crippen LogP contribution in [0.15, 0.2) is 58.3 Å². The van der Waals surface area contributed by atoms with Crippen LogP contribution in [0.25, 0.3) is 0 Å². The number of rotatable bonds is 12. The van der Waals surface area contributed by atoms with Crippen LogP contribution in [0, 0.1) is 0 Å². The molecular formula is C22H28N2O5S2. The molecule has 2 aromatic carbocycles. The van der Waals surface area contributed by atoms with Crippen molar-refractivity contribution in [3.63, 3.8) is 0 Å². The summed E-state index contributed by atoms with van der Waals surface area (Å²) in [6.45, 7) is 1.82. The van der Waals surface area contributed by atoms with Crippen LogP contribution >= 0.6 is 11.8 Å². The van der Waals surface area contributed by atoms with Crippen molar-refractivity contribution >= 4 is 27.7 Å². The Morgan fingerprint density at radius 2 is 1.71 bits per heavy atom. The molecule has 9 heteroatoms. The molecule has 0 bridgehead atoms. The van der Waals surface area contributed by atoms with Crippen LogP contribution in [-0.4, -0.2) is 46.4 Å². The van der Waals surface area contributed by atoms with E-state index >= 15 is 0 Å².